The lowest BCUT2D eigenvalue weighted by Crippen LogP contribution is -2.01. The minimum atomic E-state index is -1.56. The van der Waals surface area contributed by atoms with Crippen LogP contribution in [0, 0.1) is 24.0 Å². The van der Waals surface area contributed by atoms with Gasteiger partial charge in [-0.05, 0) is 12.1 Å². The van der Waals surface area contributed by atoms with E-state index in [4.69, 9.17) is 11.3 Å². The molecule has 0 radical (unpaired) electrons. The molecule has 3 aromatic carbocycles. The maximum absolute atomic E-state index is 13.4. The predicted octanol–water partition coefficient (Wildman–Crippen LogP) is 5.49. The number of halogens is 3. The lowest BCUT2D eigenvalue weighted by Gasteiger charge is -2.08. The molecule has 0 atom stereocenters. The van der Waals surface area contributed by atoms with Crippen LogP contribution >= 0.6 is 0 Å². The Hall–Kier alpha value is -4.25. The third-order valence-corrected chi connectivity index (χ3v) is 4.64. The second-order valence-corrected chi connectivity index (χ2v) is 6.47. The average Bonchev–Trinajstić information content (AvgIpc) is 3.04. The van der Waals surface area contributed by atoms with Gasteiger partial charge in [0.25, 0.3) is 0 Å². The second-order valence-electron chi connectivity index (χ2n) is 6.47. The van der Waals surface area contributed by atoms with E-state index in [1.165, 1.54) is 0 Å². The van der Waals surface area contributed by atoms with Gasteiger partial charge in [0, 0.05) is 29.3 Å². The van der Waals surface area contributed by atoms with Gasteiger partial charge in [0.15, 0.2) is 23.2 Å². The van der Waals surface area contributed by atoms with E-state index in [-0.39, 0.29) is 11.5 Å². The lowest BCUT2D eigenvalue weighted by molar-refractivity contribution is 0.424. The van der Waals surface area contributed by atoms with Gasteiger partial charge in [-0.15, -0.1) is 4.95 Å². The first-order chi connectivity index (χ1) is 14.5. The zero-order valence-corrected chi connectivity index (χ0v) is 15.0. The van der Waals surface area contributed by atoms with Crippen molar-refractivity contribution in [1.82, 2.24) is 9.97 Å². The molecule has 0 aliphatic heterocycles. The maximum Gasteiger partial charge on any atom is 0.194 e. The Morgan fingerprint density at radius 1 is 0.800 bits per heavy atom. The highest BCUT2D eigenvalue weighted by Crippen LogP contribution is 2.36. The Morgan fingerprint density at radius 2 is 1.50 bits per heavy atom. The third kappa shape index (κ3) is 2.76. The van der Waals surface area contributed by atoms with Crippen molar-refractivity contribution in [2.75, 3.05) is 0 Å². The van der Waals surface area contributed by atoms with Gasteiger partial charge in [-0.2, -0.15) is 6.57 Å². The van der Waals surface area contributed by atoms with E-state index in [1.807, 2.05) is 24.3 Å². The fourth-order valence-electron chi connectivity index (χ4n) is 3.35. The number of nitrogens with zero attached hydrogens (tertiary/aromatic N) is 4. The molecule has 0 bridgehead atoms. The molecule has 1 aromatic heterocycles. The van der Waals surface area contributed by atoms with Gasteiger partial charge in [-0.3, -0.25) is 0 Å². The van der Waals surface area contributed by atoms with Gasteiger partial charge in [-0.1, -0.05) is 24.3 Å². The first-order valence-electron chi connectivity index (χ1n) is 8.74. The largest absolute Gasteiger partial charge is 0.457 e. The smallest absolute Gasteiger partial charge is 0.194 e. The van der Waals surface area contributed by atoms with Gasteiger partial charge in [0.05, 0.1) is 21.8 Å². The van der Waals surface area contributed by atoms with Crippen molar-refractivity contribution in [3.8, 4) is 22.8 Å². The number of aromatic nitrogens is 2. The van der Waals surface area contributed by atoms with Crippen molar-refractivity contribution < 1.29 is 17.9 Å². The van der Waals surface area contributed by atoms with E-state index in [0.717, 1.165) is 23.3 Å². The van der Waals surface area contributed by atoms with Crippen LogP contribution < -0.4 is 4.74 Å². The quantitative estimate of drug-likeness (QED) is 0.223. The Kier molecular flexibility index (Phi) is 3.96. The van der Waals surface area contributed by atoms with Gasteiger partial charge in [0.1, 0.15) is 17.2 Å². The van der Waals surface area contributed by atoms with Gasteiger partial charge < -0.3 is 4.74 Å². The summed E-state index contributed by atoms with van der Waals surface area (Å²) in [5.41, 5.74) is 4.14. The first-order valence-corrected chi connectivity index (χ1v) is 8.74. The van der Waals surface area contributed by atoms with Crippen molar-refractivity contribution in [2.45, 2.75) is 0 Å². The Morgan fingerprint density at radius 3 is 2.23 bits per heavy atom. The molecule has 5 rings (SSSR count). The molecule has 144 valence electrons. The van der Waals surface area contributed by atoms with Crippen LogP contribution in [0.4, 0.5) is 13.2 Å². The number of hydrogen-bond donors (Lipinski definition) is 0. The highest BCUT2D eigenvalue weighted by Gasteiger charge is 2.30. The Bertz CT molecular complexity index is 1400. The van der Waals surface area contributed by atoms with Crippen molar-refractivity contribution in [3.05, 3.63) is 94.8 Å². The molecule has 0 N–H and O–H groups in total. The van der Waals surface area contributed by atoms with Crippen molar-refractivity contribution in [3.63, 3.8) is 0 Å². The number of rotatable bonds is 2. The Balaban J connectivity index is 1.61. The van der Waals surface area contributed by atoms with Crippen LogP contribution in [0.5, 0.6) is 11.5 Å². The summed E-state index contributed by atoms with van der Waals surface area (Å²) in [5.74, 6) is -4.17. The third-order valence-electron chi connectivity index (χ3n) is 4.64. The molecule has 4 aromatic rings. The van der Waals surface area contributed by atoms with Crippen LogP contribution in [0.2, 0.25) is 0 Å². The molecular formula is C22H9F3N4O. The minimum absolute atomic E-state index is 0.184. The van der Waals surface area contributed by atoms with Gasteiger partial charge in [0.2, 0.25) is 0 Å². The topological polar surface area (TPSA) is 51.7 Å². The molecule has 1 heterocycles. The van der Waals surface area contributed by atoms with E-state index in [9.17, 15) is 13.2 Å². The molecule has 0 spiro atoms. The fraction of sp³-hybridized carbons (Fsp3) is 0. The molecule has 0 unspecified atom stereocenters. The van der Waals surface area contributed by atoms with Crippen LogP contribution in [-0.4, -0.2) is 15.7 Å². The van der Waals surface area contributed by atoms with E-state index in [1.54, 1.807) is 18.2 Å². The standard InChI is InChI=1S/C22H9F3N4O/c1-26-29-21-14-5-3-2-4-13(14)20-22(21)27-17-7-6-11(10-18(17)28-20)30-12-8-15(23)19(25)16(24)9-12/h2-10H/b29-21-. The van der Waals surface area contributed by atoms with Gasteiger partial charge >= 0.3 is 0 Å². The highest BCUT2D eigenvalue weighted by atomic mass is 19.2. The Labute approximate surface area is 167 Å². The van der Waals surface area contributed by atoms with E-state index < -0.39 is 17.5 Å². The number of hydrogen-bond acceptors (Lipinski definition) is 4. The maximum atomic E-state index is 13.4. The molecular weight excluding hydrogens is 393 g/mol. The van der Waals surface area contributed by atoms with Crippen LogP contribution in [0.25, 0.3) is 27.2 Å². The zero-order chi connectivity index (χ0) is 20.8. The van der Waals surface area contributed by atoms with E-state index in [2.05, 4.69) is 20.0 Å². The van der Waals surface area contributed by atoms with Crippen molar-refractivity contribution >= 4 is 16.7 Å². The minimum Gasteiger partial charge on any atom is -0.457 e. The monoisotopic (exact) mass is 402 g/mol. The molecule has 0 amide bonds. The fourth-order valence-corrected chi connectivity index (χ4v) is 3.35. The molecule has 0 saturated carbocycles. The summed E-state index contributed by atoms with van der Waals surface area (Å²) in [4.78, 5) is 12.4. The van der Waals surface area contributed by atoms with E-state index >= 15 is 0 Å². The summed E-state index contributed by atoms with van der Waals surface area (Å²) >= 11 is 0. The van der Waals surface area contributed by atoms with Gasteiger partial charge in [-0.25, -0.2) is 23.1 Å². The lowest BCUT2D eigenvalue weighted by atomic mass is 10.1. The molecule has 0 saturated heterocycles. The number of benzene rings is 3. The summed E-state index contributed by atoms with van der Waals surface area (Å²) in [7, 11) is 0. The average molecular weight is 402 g/mol. The van der Waals surface area contributed by atoms with Crippen LogP contribution in [0.3, 0.4) is 0 Å². The molecule has 8 heteroatoms. The number of ether oxygens (including phenoxy) is 1. The predicted molar refractivity (Wildman–Crippen MR) is 104 cm³/mol. The van der Waals surface area contributed by atoms with Crippen LogP contribution in [-0.2, 0) is 0 Å². The van der Waals surface area contributed by atoms with E-state index in [0.29, 0.717) is 28.1 Å². The number of fused-ring (bicyclic) bond motifs is 4. The van der Waals surface area contributed by atoms with Crippen molar-refractivity contribution in [1.29, 1.82) is 0 Å². The summed E-state index contributed by atoms with van der Waals surface area (Å²) in [6, 6.07) is 13.7. The normalized spacial score (nSPS) is 13.2. The molecule has 5 nitrogen and oxygen atoms in total. The highest BCUT2D eigenvalue weighted by molar-refractivity contribution is 6.23. The van der Waals surface area contributed by atoms with Crippen molar-refractivity contribution in [2.24, 2.45) is 5.10 Å². The molecule has 0 fully saturated rings. The zero-order valence-electron chi connectivity index (χ0n) is 15.0. The molecule has 1 aliphatic rings. The summed E-state index contributed by atoms with van der Waals surface area (Å²) in [6.07, 6.45) is 0. The first kappa shape index (κ1) is 17.8. The van der Waals surface area contributed by atoms with Crippen LogP contribution in [0.1, 0.15) is 11.3 Å². The molecule has 30 heavy (non-hydrogen) atoms. The summed E-state index contributed by atoms with van der Waals surface area (Å²) in [5, 5.41) is 3.89. The van der Waals surface area contributed by atoms with Crippen LogP contribution in [0.15, 0.2) is 59.7 Å². The SMILES string of the molecule is [C-]#[N+]/N=C1/c2ccccc2-c2nc3cc(Oc4cc(F)c(F)c(F)c4)ccc3nc21. The second kappa shape index (κ2) is 6.67. The summed E-state index contributed by atoms with van der Waals surface area (Å²) in [6.45, 7) is 7.09. The summed E-state index contributed by atoms with van der Waals surface area (Å²) < 4.78 is 45.5. The molecule has 1 aliphatic carbocycles.